The summed E-state index contributed by atoms with van der Waals surface area (Å²) in [6.07, 6.45) is 2.34. The van der Waals surface area contributed by atoms with Crippen LogP contribution in [0, 0.1) is 5.92 Å². The van der Waals surface area contributed by atoms with Gasteiger partial charge in [0.1, 0.15) is 4.99 Å². The van der Waals surface area contributed by atoms with Gasteiger partial charge in [0.2, 0.25) is 0 Å². The van der Waals surface area contributed by atoms with Gasteiger partial charge in [-0.15, -0.1) is 0 Å². The second kappa shape index (κ2) is 7.10. The Hall–Kier alpha value is -0.610. The van der Waals surface area contributed by atoms with Gasteiger partial charge in [-0.3, -0.25) is 0 Å². The smallest absolute Gasteiger partial charge is 0.107 e. The van der Waals surface area contributed by atoms with Gasteiger partial charge in [0.25, 0.3) is 0 Å². The van der Waals surface area contributed by atoms with Crippen LogP contribution in [0.15, 0.2) is 22.7 Å². The molecule has 0 saturated heterocycles. The van der Waals surface area contributed by atoms with Gasteiger partial charge in [-0.25, -0.2) is 0 Å². The Labute approximate surface area is 123 Å². The fraction of sp³-hybridized carbons (Fsp3) is 0.500. The molecule has 0 radical (unpaired) electrons. The highest BCUT2D eigenvalue weighted by atomic mass is 79.9. The zero-order valence-corrected chi connectivity index (χ0v) is 13.6. The monoisotopic (exact) mass is 328 g/mol. The van der Waals surface area contributed by atoms with Crippen molar-refractivity contribution in [3.8, 4) is 0 Å². The van der Waals surface area contributed by atoms with Crippen molar-refractivity contribution in [2.24, 2.45) is 11.7 Å². The number of hydrogen-bond donors (Lipinski definition) is 2. The van der Waals surface area contributed by atoms with E-state index in [-0.39, 0.29) is 0 Å². The molecular formula is C14H21BrN2S. The molecule has 0 spiro atoms. The number of anilines is 1. The van der Waals surface area contributed by atoms with Crippen molar-refractivity contribution in [3.63, 3.8) is 0 Å². The molecule has 0 aliphatic rings. The molecule has 0 amide bonds. The van der Waals surface area contributed by atoms with E-state index >= 15 is 0 Å². The van der Waals surface area contributed by atoms with E-state index in [1.165, 1.54) is 12.8 Å². The molecule has 1 aromatic carbocycles. The Morgan fingerprint density at radius 2 is 2.00 bits per heavy atom. The normalized spacial score (nSPS) is 12.5. The van der Waals surface area contributed by atoms with Crippen molar-refractivity contribution in [2.45, 2.75) is 39.7 Å². The van der Waals surface area contributed by atoms with Crippen molar-refractivity contribution in [1.29, 1.82) is 0 Å². The quantitative estimate of drug-likeness (QED) is 0.764. The van der Waals surface area contributed by atoms with Crippen LogP contribution in [0.1, 0.15) is 39.2 Å². The number of benzene rings is 1. The molecule has 0 aliphatic heterocycles. The van der Waals surface area contributed by atoms with E-state index in [0.29, 0.717) is 16.9 Å². The lowest BCUT2D eigenvalue weighted by Gasteiger charge is -2.25. The van der Waals surface area contributed by atoms with Crippen LogP contribution in [0.5, 0.6) is 0 Å². The number of nitrogens with one attached hydrogen (secondary N) is 1. The first-order chi connectivity index (χ1) is 8.51. The van der Waals surface area contributed by atoms with Crippen LogP contribution in [0.25, 0.3) is 0 Å². The van der Waals surface area contributed by atoms with Crippen molar-refractivity contribution < 1.29 is 0 Å². The predicted octanol–water partition coefficient (Wildman–Crippen LogP) is 4.32. The zero-order chi connectivity index (χ0) is 13.7. The summed E-state index contributed by atoms with van der Waals surface area (Å²) in [5.41, 5.74) is 7.70. The summed E-state index contributed by atoms with van der Waals surface area (Å²) < 4.78 is 0.941. The largest absolute Gasteiger partial charge is 0.389 e. The maximum absolute atomic E-state index is 5.79. The summed E-state index contributed by atoms with van der Waals surface area (Å²) in [7, 11) is 0. The molecule has 18 heavy (non-hydrogen) atoms. The first kappa shape index (κ1) is 15.4. The molecule has 0 aromatic heterocycles. The van der Waals surface area contributed by atoms with Crippen LogP contribution >= 0.6 is 28.1 Å². The molecule has 2 nitrogen and oxygen atoms in total. The van der Waals surface area contributed by atoms with E-state index < -0.39 is 0 Å². The van der Waals surface area contributed by atoms with Gasteiger partial charge in [-0.1, -0.05) is 45.0 Å². The van der Waals surface area contributed by atoms with Crippen molar-refractivity contribution in [1.82, 2.24) is 0 Å². The predicted molar refractivity (Wildman–Crippen MR) is 87.2 cm³/mol. The Bertz CT molecular complexity index is 416. The first-order valence-electron chi connectivity index (χ1n) is 6.36. The summed E-state index contributed by atoms with van der Waals surface area (Å²) in [5.74, 6) is 0.656. The van der Waals surface area contributed by atoms with Gasteiger partial charge in [0.15, 0.2) is 0 Å². The highest BCUT2D eigenvalue weighted by Crippen LogP contribution is 2.27. The highest BCUT2D eigenvalue weighted by molar-refractivity contribution is 9.10. The minimum absolute atomic E-state index is 0.405. The Morgan fingerprint density at radius 3 is 2.50 bits per heavy atom. The van der Waals surface area contributed by atoms with E-state index in [1.54, 1.807) is 0 Å². The van der Waals surface area contributed by atoms with Crippen LogP contribution < -0.4 is 11.1 Å². The molecular weight excluding hydrogens is 308 g/mol. The fourth-order valence-corrected chi connectivity index (χ4v) is 3.18. The zero-order valence-electron chi connectivity index (χ0n) is 11.2. The summed E-state index contributed by atoms with van der Waals surface area (Å²) in [4.78, 5) is 0.418. The number of rotatable bonds is 6. The van der Waals surface area contributed by atoms with Crippen LogP contribution in [0.2, 0.25) is 0 Å². The topological polar surface area (TPSA) is 38.0 Å². The fourth-order valence-electron chi connectivity index (χ4n) is 2.25. The molecule has 0 saturated carbocycles. The Balaban J connectivity index is 2.97. The van der Waals surface area contributed by atoms with Crippen LogP contribution in [0.3, 0.4) is 0 Å². The minimum atomic E-state index is 0.405. The third-order valence-electron chi connectivity index (χ3n) is 3.40. The van der Waals surface area contributed by atoms with Crippen molar-refractivity contribution in [3.05, 3.63) is 28.2 Å². The standard InChI is InChI=1S/C14H21BrN2S/c1-4-10(5-2)9(3)17-12-8-6-7-11(15)13(12)14(16)18/h6-10,17H,4-5H2,1-3H3,(H2,16,18). The molecule has 0 aliphatic carbocycles. The highest BCUT2D eigenvalue weighted by Gasteiger charge is 2.16. The lowest BCUT2D eigenvalue weighted by Crippen LogP contribution is -2.26. The van der Waals surface area contributed by atoms with E-state index in [0.717, 1.165) is 15.7 Å². The van der Waals surface area contributed by atoms with Crippen molar-refractivity contribution >= 4 is 38.8 Å². The van der Waals surface area contributed by atoms with E-state index in [2.05, 4.69) is 42.0 Å². The van der Waals surface area contributed by atoms with Gasteiger partial charge in [0.05, 0.1) is 0 Å². The maximum Gasteiger partial charge on any atom is 0.107 e. The van der Waals surface area contributed by atoms with Gasteiger partial charge >= 0.3 is 0 Å². The Kier molecular flexibility index (Phi) is 6.09. The number of nitrogens with two attached hydrogens (primary N) is 1. The van der Waals surface area contributed by atoms with Gasteiger partial charge in [0, 0.05) is 21.8 Å². The van der Waals surface area contributed by atoms with Gasteiger partial charge in [-0.2, -0.15) is 0 Å². The third-order valence-corrected chi connectivity index (χ3v) is 4.26. The Morgan fingerprint density at radius 1 is 1.39 bits per heavy atom. The molecule has 1 rings (SSSR count). The molecule has 1 aromatic rings. The van der Waals surface area contributed by atoms with E-state index in [4.69, 9.17) is 18.0 Å². The van der Waals surface area contributed by atoms with E-state index in [1.807, 2.05) is 18.2 Å². The van der Waals surface area contributed by atoms with E-state index in [9.17, 15) is 0 Å². The summed E-state index contributed by atoms with van der Waals surface area (Å²) in [6, 6.07) is 6.38. The minimum Gasteiger partial charge on any atom is -0.389 e. The first-order valence-corrected chi connectivity index (χ1v) is 7.56. The molecule has 3 N–H and O–H groups in total. The molecule has 1 unspecified atom stereocenters. The lowest BCUT2D eigenvalue weighted by molar-refractivity contribution is 0.438. The average molecular weight is 329 g/mol. The van der Waals surface area contributed by atoms with Crippen LogP contribution in [0.4, 0.5) is 5.69 Å². The lowest BCUT2D eigenvalue weighted by atomic mass is 9.95. The second-order valence-electron chi connectivity index (χ2n) is 4.54. The summed E-state index contributed by atoms with van der Waals surface area (Å²) in [6.45, 7) is 6.66. The summed E-state index contributed by atoms with van der Waals surface area (Å²) >= 11 is 8.62. The number of hydrogen-bond acceptors (Lipinski definition) is 2. The molecule has 0 heterocycles. The molecule has 0 fully saturated rings. The van der Waals surface area contributed by atoms with Crippen LogP contribution in [-0.2, 0) is 0 Å². The second-order valence-corrected chi connectivity index (χ2v) is 5.83. The summed E-state index contributed by atoms with van der Waals surface area (Å²) in [5, 5.41) is 3.54. The molecule has 1 atom stereocenters. The molecule has 0 bridgehead atoms. The van der Waals surface area contributed by atoms with Crippen LogP contribution in [-0.4, -0.2) is 11.0 Å². The maximum atomic E-state index is 5.79. The van der Waals surface area contributed by atoms with Gasteiger partial charge < -0.3 is 11.1 Å². The third kappa shape index (κ3) is 3.69. The molecule has 100 valence electrons. The average Bonchev–Trinajstić information content (AvgIpc) is 2.30. The van der Waals surface area contributed by atoms with Gasteiger partial charge in [-0.05, 0) is 40.9 Å². The number of thiocarbonyl (C=S) groups is 1. The van der Waals surface area contributed by atoms with Crippen molar-refractivity contribution in [2.75, 3.05) is 5.32 Å². The number of halogens is 1. The SMILES string of the molecule is CCC(CC)C(C)Nc1cccc(Br)c1C(N)=S. The molecule has 4 heteroatoms.